The summed E-state index contributed by atoms with van der Waals surface area (Å²) in [5, 5.41) is 0. The molecule has 0 amide bonds. The van der Waals surface area contributed by atoms with Crippen LogP contribution in [0.3, 0.4) is 0 Å². The van der Waals surface area contributed by atoms with Crippen LogP contribution in [0.1, 0.15) is 90.9 Å². The third-order valence-electron chi connectivity index (χ3n) is 9.20. The Balaban J connectivity index is 0.000000544. The van der Waals surface area contributed by atoms with Gasteiger partial charge in [0, 0.05) is 0 Å². The fraction of sp³-hybridized carbons (Fsp3) is 1.00. The van der Waals surface area contributed by atoms with Crippen LogP contribution in [0.2, 0.25) is 0 Å². The number of rotatable bonds is 1. The lowest BCUT2D eigenvalue weighted by Crippen LogP contribution is -2.60. The maximum absolute atomic E-state index is 2.00. The van der Waals surface area contributed by atoms with E-state index in [9.17, 15) is 0 Å². The molecule has 0 heteroatoms. The fourth-order valence-electron chi connectivity index (χ4n) is 9.52. The minimum Gasteiger partial charge on any atom is -0.0683 e. The quantitative estimate of drug-likeness (QED) is 0.522. The van der Waals surface area contributed by atoms with E-state index in [1.54, 1.807) is 77.0 Å². The molecule has 0 nitrogen and oxygen atoms in total. The normalized spacial score (nSPS) is 60.3. The summed E-state index contributed by atoms with van der Waals surface area (Å²) in [6.07, 6.45) is 19.8. The average Bonchev–Trinajstić information content (AvgIpc) is 2.46. The average molecular weight is 301 g/mol. The minimum absolute atomic E-state index is 0.859. The molecule has 8 aliphatic rings. The zero-order valence-electron chi connectivity index (χ0n) is 14.9. The second-order valence-corrected chi connectivity index (χ2v) is 10.4. The molecule has 8 saturated carbocycles. The molecule has 8 bridgehead atoms. The van der Waals surface area contributed by atoms with Crippen molar-refractivity contribution >= 4 is 0 Å². The standard InChI is InChI=1S/C20H30.C2H6/c1-13-2-15-3-14(1)8-19(7-13,9-15)20-10-16-4-17(11-20)6-18(5-16)12-20;1-2/h13-18H,1-12H2;1-2H3. The second-order valence-electron chi connectivity index (χ2n) is 10.4. The predicted octanol–water partition coefficient (Wildman–Crippen LogP) is 6.45. The second kappa shape index (κ2) is 4.76. The van der Waals surface area contributed by atoms with Gasteiger partial charge in [0.2, 0.25) is 0 Å². The van der Waals surface area contributed by atoms with Gasteiger partial charge in [-0.3, -0.25) is 0 Å². The lowest BCUT2D eigenvalue weighted by molar-refractivity contribution is -0.199. The van der Waals surface area contributed by atoms with E-state index >= 15 is 0 Å². The van der Waals surface area contributed by atoms with Gasteiger partial charge < -0.3 is 0 Å². The van der Waals surface area contributed by atoms with E-state index in [4.69, 9.17) is 0 Å². The Kier molecular flexibility index (Phi) is 3.11. The number of hydrogen-bond acceptors (Lipinski definition) is 0. The van der Waals surface area contributed by atoms with E-state index in [0.717, 1.165) is 46.3 Å². The first-order valence-electron chi connectivity index (χ1n) is 10.7. The Morgan fingerprint density at radius 2 is 0.591 bits per heavy atom. The third kappa shape index (κ3) is 1.82. The van der Waals surface area contributed by atoms with Crippen molar-refractivity contribution in [3.8, 4) is 0 Å². The Hall–Kier alpha value is 0. The molecule has 0 aromatic heterocycles. The molecular formula is C22H36. The van der Waals surface area contributed by atoms with E-state index in [2.05, 4.69) is 0 Å². The Bertz CT molecular complexity index is 332. The summed E-state index contributed by atoms with van der Waals surface area (Å²) < 4.78 is 0. The summed E-state index contributed by atoms with van der Waals surface area (Å²) in [5.74, 6) is 6.97. The molecule has 124 valence electrons. The number of hydrogen-bond donors (Lipinski definition) is 0. The van der Waals surface area contributed by atoms with Gasteiger partial charge >= 0.3 is 0 Å². The van der Waals surface area contributed by atoms with Crippen molar-refractivity contribution in [2.45, 2.75) is 90.9 Å². The molecule has 0 unspecified atom stereocenters. The molecule has 0 atom stereocenters. The summed E-state index contributed by atoms with van der Waals surface area (Å²) in [5.41, 5.74) is 1.72. The molecule has 0 aliphatic heterocycles. The van der Waals surface area contributed by atoms with Gasteiger partial charge in [0.25, 0.3) is 0 Å². The molecule has 22 heavy (non-hydrogen) atoms. The Labute approximate surface area is 137 Å². The van der Waals surface area contributed by atoms with Crippen LogP contribution in [-0.2, 0) is 0 Å². The van der Waals surface area contributed by atoms with Crippen molar-refractivity contribution in [3.63, 3.8) is 0 Å². The minimum atomic E-state index is 0.859. The molecule has 0 N–H and O–H groups in total. The lowest BCUT2D eigenvalue weighted by atomic mass is 9.35. The van der Waals surface area contributed by atoms with Crippen molar-refractivity contribution in [1.29, 1.82) is 0 Å². The monoisotopic (exact) mass is 300 g/mol. The first-order valence-corrected chi connectivity index (χ1v) is 10.7. The lowest BCUT2D eigenvalue weighted by Gasteiger charge is -2.70. The maximum Gasteiger partial charge on any atom is -0.0233 e. The molecule has 0 saturated heterocycles. The fourth-order valence-corrected chi connectivity index (χ4v) is 9.52. The van der Waals surface area contributed by atoms with E-state index in [1.807, 2.05) is 13.8 Å². The van der Waals surface area contributed by atoms with Crippen LogP contribution in [-0.4, -0.2) is 0 Å². The van der Waals surface area contributed by atoms with E-state index in [-0.39, 0.29) is 0 Å². The van der Waals surface area contributed by atoms with Crippen molar-refractivity contribution in [2.75, 3.05) is 0 Å². The van der Waals surface area contributed by atoms with Gasteiger partial charge in [0.15, 0.2) is 0 Å². The van der Waals surface area contributed by atoms with Crippen LogP contribution < -0.4 is 0 Å². The summed E-state index contributed by atoms with van der Waals surface area (Å²) in [6, 6.07) is 0. The predicted molar refractivity (Wildman–Crippen MR) is 92.6 cm³/mol. The zero-order valence-corrected chi connectivity index (χ0v) is 14.9. The van der Waals surface area contributed by atoms with Crippen LogP contribution in [0.5, 0.6) is 0 Å². The zero-order chi connectivity index (χ0) is 14.9. The van der Waals surface area contributed by atoms with Crippen LogP contribution in [0.4, 0.5) is 0 Å². The topological polar surface area (TPSA) is 0 Å². The first-order chi connectivity index (χ1) is 10.7. The van der Waals surface area contributed by atoms with Gasteiger partial charge in [-0.05, 0) is 123 Å². The van der Waals surface area contributed by atoms with Crippen LogP contribution in [0.25, 0.3) is 0 Å². The molecule has 0 spiro atoms. The van der Waals surface area contributed by atoms with Crippen molar-refractivity contribution in [3.05, 3.63) is 0 Å². The van der Waals surface area contributed by atoms with E-state index in [1.165, 1.54) is 0 Å². The van der Waals surface area contributed by atoms with Crippen molar-refractivity contribution in [2.24, 2.45) is 46.3 Å². The largest absolute Gasteiger partial charge is 0.0683 e. The smallest absolute Gasteiger partial charge is 0.0233 e. The van der Waals surface area contributed by atoms with Crippen LogP contribution >= 0.6 is 0 Å². The molecule has 0 aromatic carbocycles. The Morgan fingerprint density at radius 3 is 0.773 bits per heavy atom. The molecule has 0 radical (unpaired) electrons. The highest BCUT2D eigenvalue weighted by Gasteiger charge is 2.64. The summed E-state index contributed by atoms with van der Waals surface area (Å²) in [6.45, 7) is 4.00. The third-order valence-corrected chi connectivity index (χ3v) is 9.20. The highest BCUT2D eigenvalue weighted by molar-refractivity contribution is 5.14. The molecule has 0 aromatic rings. The van der Waals surface area contributed by atoms with E-state index in [0.29, 0.717) is 0 Å². The first kappa shape index (κ1) is 14.4. The van der Waals surface area contributed by atoms with Crippen LogP contribution in [0.15, 0.2) is 0 Å². The summed E-state index contributed by atoms with van der Waals surface area (Å²) in [7, 11) is 0. The van der Waals surface area contributed by atoms with Crippen molar-refractivity contribution < 1.29 is 0 Å². The van der Waals surface area contributed by atoms with E-state index < -0.39 is 0 Å². The van der Waals surface area contributed by atoms with Gasteiger partial charge in [-0.15, -0.1) is 0 Å². The van der Waals surface area contributed by atoms with Gasteiger partial charge in [-0.2, -0.15) is 0 Å². The molecule has 8 rings (SSSR count). The van der Waals surface area contributed by atoms with Gasteiger partial charge in [-0.1, -0.05) is 13.8 Å². The summed E-state index contributed by atoms with van der Waals surface area (Å²) in [4.78, 5) is 0. The molecule has 8 aliphatic carbocycles. The van der Waals surface area contributed by atoms with Gasteiger partial charge in [0.1, 0.15) is 0 Å². The van der Waals surface area contributed by atoms with Gasteiger partial charge in [-0.25, -0.2) is 0 Å². The molecular weight excluding hydrogens is 264 g/mol. The SMILES string of the molecule is C1C2CC3CC1CC(C14CC5CC(CC(C5)C1)C4)(C2)C3.CC. The highest BCUT2D eigenvalue weighted by Crippen LogP contribution is 2.74. The molecule has 0 heterocycles. The maximum atomic E-state index is 2.00. The van der Waals surface area contributed by atoms with Crippen molar-refractivity contribution in [1.82, 2.24) is 0 Å². The molecule has 8 fully saturated rings. The van der Waals surface area contributed by atoms with Crippen LogP contribution in [0, 0.1) is 46.3 Å². The summed E-state index contributed by atoms with van der Waals surface area (Å²) >= 11 is 0. The van der Waals surface area contributed by atoms with Gasteiger partial charge in [0.05, 0.1) is 0 Å². The Morgan fingerprint density at radius 1 is 0.409 bits per heavy atom. The highest BCUT2D eigenvalue weighted by atomic mass is 14.7.